The van der Waals surface area contributed by atoms with Gasteiger partial charge in [-0.15, -0.1) is 0 Å². The summed E-state index contributed by atoms with van der Waals surface area (Å²) in [5.74, 6) is -0.139. The van der Waals surface area contributed by atoms with Crippen molar-refractivity contribution in [3.05, 3.63) is 65.2 Å². The molecular formula is C27H32N2O6. The molecule has 1 atom stereocenters. The van der Waals surface area contributed by atoms with E-state index in [0.717, 1.165) is 30.8 Å². The summed E-state index contributed by atoms with van der Waals surface area (Å²) >= 11 is 0. The number of methoxy groups -OCH3 is 1. The lowest BCUT2D eigenvalue weighted by Crippen LogP contribution is -2.42. The van der Waals surface area contributed by atoms with Gasteiger partial charge in [0, 0.05) is 31.7 Å². The van der Waals surface area contributed by atoms with Crippen molar-refractivity contribution < 1.29 is 28.9 Å². The van der Waals surface area contributed by atoms with E-state index >= 15 is 0 Å². The van der Waals surface area contributed by atoms with Gasteiger partial charge in [-0.1, -0.05) is 19.1 Å². The number of aliphatic hydroxyl groups excluding tert-OH is 1. The van der Waals surface area contributed by atoms with Gasteiger partial charge in [0.1, 0.15) is 17.3 Å². The molecule has 0 radical (unpaired) electrons. The van der Waals surface area contributed by atoms with Crippen molar-refractivity contribution in [3.8, 4) is 11.5 Å². The number of amides is 1. The highest BCUT2D eigenvalue weighted by Gasteiger charge is 2.46. The predicted molar refractivity (Wildman–Crippen MR) is 131 cm³/mol. The molecular weight excluding hydrogens is 448 g/mol. The molecule has 2 saturated heterocycles. The van der Waals surface area contributed by atoms with Crippen LogP contribution >= 0.6 is 0 Å². The van der Waals surface area contributed by atoms with E-state index < -0.39 is 17.7 Å². The van der Waals surface area contributed by atoms with Crippen LogP contribution in [0.15, 0.2) is 54.1 Å². The molecule has 0 bridgehead atoms. The number of hydrogen-bond donors (Lipinski definition) is 1. The Balaban J connectivity index is 1.69. The predicted octanol–water partition coefficient (Wildman–Crippen LogP) is 3.24. The van der Waals surface area contributed by atoms with Crippen LogP contribution < -0.4 is 9.47 Å². The molecule has 0 spiro atoms. The average molecular weight is 481 g/mol. The minimum atomic E-state index is -0.696. The first kappa shape index (κ1) is 24.8. The Bertz CT molecular complexity index is 1060. The van der Waals surface area contributed by atoms with Gasteiger partial charge >= 0.3 is 0 Å². The molecule has 0 unspecified atom stereocenters. The normalized spacial score (nSPS) is 20.3. The molecule has 2 aliphatic heterocycles. The van der Waals surface area contributed by atoms with Crippen LogP contribution in [-0.2, 0) is 14.3 Å². The van der Waals surface area contributed by atoms with Gasteiger partial charge in [-0.3, -0.25) is 14.5 Å². The van der Waals surface area contributed by atoms with E-state index in [1.807, 2.05) is 31.2 Å². The molecule has 8 heteroatoms. The van der Waals surface area contributed by atoms with Crippen LogP contribution in [0.1, 0.15) is 30.5 Å². The van der Waals surface area contributed by atoms with Crippen LogP contribution in [0.4, 0.5) is 0 Å². The summed E-state index contributed by atoms with van der Waals surface area (Å²) in [5.41, 5.74) is 1.28. The molecule has 2 aliphatic rings. The minimum Gasteiger partial charge on any atom is -0.507 e. The SMILES string of the molecule is CCCOc1ccc([C@@H]2C(=C(O)c3ccc(OC)cc3)C(=O)C(=O)N2CCN2CCOCC2)cc1. The largest absolute Gasteiger partial charge is 0.507 e. The first-order valence-corrected chi connectivity index (χ1v) is 12.0. The third kappa shape index (κ3) is 5.49. The molecule has 35 heavy (non-hydrogen) atoms. The number of hydrogen-bond acceptors (Lipinski definition) is 7. The lowest BCUT2D eigenvalue weighted by Gasteiger charge is -2.31. The van der Waals surface area contributed by atoms with Gasteiger partial charge in [-0.05, 0) is 48.4 Å². The fraction of sp³-hybridized carbons (Fsp3) is 0.407. The molecule has 0 saturated carbocycles. The Morgan fingerprint density at radius 2 is 1.66 bits per heavy atom. The summed E-state index contributed by atoms with van der Waals surface area (Å²) < 4.78 is 16.3. The Kier molecular flexibility index (Phi) is 8.05. The molecule has 4 rings (SSSR count). The molecule has 2 fully saturated rings. The number of morpholine rings is 1. The highest BCUT2D eigenvalue weighted by molar-refractivity contribution is 6.46. The van der Waals surface area contributed by atoms with E-state index in [9.17, 15) is 14.7 Å². The highest BCUT2D eigenvalue weighted by Crippen LogP contribution is 2.40. The van der Waals surface area contributed by atoms with Crippen molar-refractivity contribution in [2.75, 3.05) is 53.1 Å². The standard InChI is InChI=1S/C27H32N2O6/c1-3-16-35-22-10-4-19(5-11-22)24-23(25(30)20-6-8-21(33-2)9-7-20)26(31)27(32)29(24)13-12-28-14-17-34-18-15-28/h4-11,24,30H,3,12-18H2,1-2H3/t24-/m1/s1. The molecule has 1 amide bonds. The van der Waals surface area contributed by atoms with Crippen molar-refractivity contribution in [3.63, 3.8) is 0 Å². The van der Waals surface area contributed by atoms with Crippen molar-refractivity contribution in [2.24, 2.45) is 0 Å². The van der Waals surface area contributed by atoms with Crippen LogP contribution in [0.25, 0.3) is 5.76 Å². The summed E-state index contributed by atoms with van der Waals surface area (Å²) in [4.78, 5) is 30.1. The van der Waals surface area contributed by atoms with Crippen LogP contribution in [0.5, 0.6) is 11.5 Å². The maximum atomic E-state index is 13.2. The molecule has 2 aromatic carbocycles. The second-order valence-electron chi connectivity index (χ2n) is 8.59. The van der Waals surface area contributed by atoms with Crippen molar-refractivity contribution in [1.82, 2.24) is 9.80 Å². The number of likely N-dealkylation sites (tertiary alicyclic amines) is 1. The number of ketones is 1. The Morgan fingerprint density at radius 3 is 2.29 bits per heavy atom. The topological polar surface area (TPSA) is 88.5 Å². The third-order valence-electron chi connectivity index (χ3n) is 6.33. The first-order valence-electron chi connectivity index (χ1n) is 12.0. The number of nitrogens with zero attached hydrogens (tertiary/aromatic N) is 2. The zero-order chi connectivity index (χ0) is 24.8. The number of ether oxygens (including phenoxy) is 3. The van der Waals surface area contributed by atoms with Gasteiger partial charge in [-0.2, -0.15) is 0 Å². The molecule has 8 nitrogen and oxygen atoms in total. The van der Waals surface area contributed by atoms with Crippen LogP contribution in [0.3, 0.4) is 0 Å². The summed E-state index contributed by atoms with van der Waals surface area (Å²) in [7, 11) is 1.56. The Labute approximate surface area is 205 Å². The van der Waals surface area contributed by atoms with Crippen LogP contribution in [0.2, 0.25) is 0 Å². The van der Waals surface area contributed by atoms with Crippen LogP contribution in [0, 0.1) is 0 Å². The lowest BCUT2D eigenvalue weighted by atomic mass is 9.95. The van der Waals surface area contributed by atoms with E-state index in [4.69, 9.17) is 14.2 Å². The summed E-state index contributed by atoms with van der Waals surface area (Å²) in [6, 6.07) is 13.4. The van der Waals surface area contributed by atoms with Gasteiger partial charge in [0.05, 0.1) is 38.5 Å². The Hall–Kier alpha value is -3.36. The fourth-order valence-corrected chi connectivity index (χ4v) is 4.40. The summed E-state index contributed by atoms with van der Waals surface area (Å²) in [6.07, 6.45) is 0.894. The quantitative estimate of drug-likeness (QED) is 0.335. The zero-order valence-electron chi connectivity index (χ0n) is 20.2. The Morgan fingerprint density at radius 1 is 1.00 bits per heavy atom. The van der Waals surface area contributed by atoms with Gasteiger partial charge < -0.3 is 24.2 Å². The van der Waals surface area contributed by atoms with E-state index in [2.05, 4.69) is 4.90 Å². The lowest BCUT2D eigenvalue weighted by molar-refractivity contribution is -0.140. The van der Waals surface area contributed by atoms with Gasteiger partial charge in [-0.25, -0.2) is 0 Å². The van der Waals surface area contributed by atoms with E-state index in [1.165, 1.54) is 0 Å². The van der Waals surface area contributed by atoms with Crippen molar-refractivity contribution >= 4 is 17.4 Å². The van der Waals surface area contributed by atoms with Crippen molar-refractivity contribution in [1.29, 1.82) is 0 Å². The maximum absolute atomic E-state index is 13.2. The summed E-state index contributed by atoms with van der Waals surface area (Å²) in [5, 5.41) is 11.2. The van der Waals surface area contributed by atoms with E-state index in [-0.39, 0.29) is 11.3 Å². The molecule has 0 aliphatic carbocycles. The highest BCUT2D eigenvalue weighted by atomic mass is 16.5. The minimum absolute atomic E-state index is 0.0874. The van der Waals surface area contributed by atoms with E-state index in [0.29, 0.717) is 44.2 Å². The maximum Gasteiger partial charge on any atom is 0.295 e. The number of Topliss-reactive ketones (excluding diaryl/α,β-unsaturated/α-hetero) is 1. The average Bonchev–Trinajstić information content (AvgIpc) is 3.16. The number of benzene rings is 2. The molecule has 186 valence electrons. The first-order chi connectivity index (χ1) is 17.0. The number of rotatable bonds is 9. The number of aliphatic hydroxyl groups is 1. The second-order valence-corrected chi connectivity index (χ2v) is 8.59. The number of carbonyl (C=O) groups is 2. The fourth-order valence-electron chi connectivity index (χ4n) is 4.40. The smallest absolute Gasteiger partial charge is 0.295 e. The zero-order valence-corrected chi connectivity index (χ0v) is 20.2. The monoisotopic (exact) mass is 480 g/mol. The van der Waals surface area contributed by atoms with Crippen molar-refractivity contribution in [2.45, 2.75) is 19.4 Å². The molecule has 2 aromatic rings. The summed E-state index contributed by atoms with van der Waals surface area (Å²) in [6.45, 7) is 6.49. The molecule has 1 N–H and O–H groups in total. The molecule has 2 heterocycles. The second kappa shape index (κ2) is 11.4. The van der Waals surface area contributed by atoms with Crippen LogP contribution in [-0.4, -0.2) is 79.7 Å². The van der Waals surface area contributed by atoms with Gasteiger partial charge in [0.15, 0.2) is 0 Å². The number of carbonyl (C=O) groups excluding carboxylic acids is 2. The van der Waals surface area contributed by atoms with Gasteiger partial charge in [0.2, 0.25) is 0 Å². The third-order valence-corrected chi connectivity index (χ3v) is 6.33. The molecule has 0 aromatic heterocycles. The van der Waals surface area contributed by atoms with E-state index in [1.54, 1.807) is 36.3 Å². The van der Waals surface area contributed by atoms with Gasteiger partial charge in [0.25, 0.3) is 11.7 Å².